The Morgan fingerprint density at radius 2 is 1.95 bits per heavy atom. The molecule has 0 aromatic carbocycles. The van der Waals surface area contributed by atoms with Crippen LogP contribution in [0.3, 0.4) is 0 Å². The topological polar surface area (TPSA) is 62.3 Å². The fourth-order valence-corrected chi connectivity index (χ4v) is 3.33. The summed E-state index contributed by atoms with van der Waals surface area (Å²) in [6.45, 7) is 8.27. The van der Waals surface area contributed by atoms with E-state index in [-0.39, 0.29) is 21.1 Å². The zero-order valence-electron chi connectivity index (χ0n) is 11.7. The highest BCUT2D eigenvalue weighted by Crippen LogP contribution is 2.22. The minimum absolute atomic E-state index is 0.0123. The number of nitrogens with one attached hydrogen (secondary N) is 1. The summed E-state index contributed by atoms with van der Waals surface area (Å²) in [5.41, 5.74) is 0. The number of halogens is 2. The normalized spacial score (nSPS) is 13.7. The van der Waals surface area contributed by atoms with Crippen LogP contribution in [0.4, 0.5) is 0 Å². The van der Waals surface area contributed by atoms with Crippen LogP contribution in [-0.2, 0) is 10.0 Å². The van der Waals surface area contributed by atoms with Crippen LogP contribution in [0, 0.1) is 0 Å². The van der Waals surface area contributed by atoms with Gasteiger partial charge in [-0.1, -0.05) is 37.0 Å². The van der Waals surface area contributed by atoms with Gasteiger partial charge in [-0.3, -0.25) is 0 Å². The number of pyridine rings is 1. The number of nitrogens with zero attached hydrogens (tertiary/aromatic N) is 2. The third kappa shape index (κ3) is 4.86. The number of likely N-dealkylation sites (N-methyl/N-ethyl adjacent to an activating group) is 1. The average molecular weight is 340 g/mol. The van der Waals surface area contributed by atoms with E-state index >= 15 is 0 Å². The van der Waals surface area contributed by atoms with E-state index in [2.05, 4.69) is 14.6 Å². The van der Waals surface area contributed by atoms with Crippen LogP contribution in [-0.4, -0.2) is 44.0 Å². The molecule has 1 heterocycles. The number of hydrogen-bond donors (Lipinski definition) is 1. The number of rotatable bonds is 7. The number of aromatic nitrogens is 1. The molecule has 20 heavy (non-hydrogen) atoms. The lowest BCUT2D eigenvalue weighted by atomic mass is 10.3. The van der Waals surface area contributed by atoms with Crippen molar-refractivity contribution >= 4 is 33.2 Å². The summed E-state index contributed by atoms with van der Waals surface area (Å²) in [6, 6.07) is 1.08. The van der Waals surface area contributed by atoms with E-state index in [1.165, 1.54) is 12.3 Å². The Morgan fingerprint density at radius 3 is 2.45 bits per heavy atom. The van der Waals surface area contributed by atoms with Crippen LogP contribution in [0.2, 0.25) is 10.2 Å². The van der Waals surface area contributed by atoms with Gasteiger partial charge >= 0.3 is 0 Å². The lowest BCUT2D eigenvalue weighted by Crippen LogP contribution is -2.41. The summed E-state index contributed by atoms with van der Waals surface area (Å²) < 4.78 is 27.0. The summed E-state index contributed by atoms with van der Waals surface area (Å²) >= 11 is 11.5. The van der Waals surface area contributed by atoms with Crippen molar-refractivity contribution in [2.75, 3.05) is 19.6 Å². The van der Waals surface area contributed by atoms with Crippen LogP contribution in [0.5, 0.6) is 0 Å². The first-order chi connectivity index (χ1) is 9.30. The van der Waals surface area contributed by atoms with Gasteiger partial charge in [-0.2, -0.15) is 0 Å². The molecule has 0 spiro atoms. The van der Waals surface area contributed by atoms with Gasteiger partial charge in [0.1, 0.15) is 10.0 Å². The standard InChI is InChI=1S/C12H19Cl2N3O2S/c1-4-17(5-2)8-9(3)16-20(18,19)10-6-11(13)12(14)15-7-10/h6-7,9,16H,4-5,8H2,1-3H3. The smallest absolute Gasteiger partial charge is 0.242 e. The van der Waals surface area contributed by atoms with E-state index in [0.29, 0.717) is 6.54 Å². The number of hydrogen-bond acceptors (Lipinski definition) is 4. The van der Waals surface area contributed by atoms with Crippen molar-refractivity contribution in [1.29, 1.82) is 0 Å². The van der Waals surface area contributed by atoms with Gasteiger partial charge < -0.3 is 4.90 Å². The first kappa shape index (κ1) is 17.7. The van der Waals surface area contributed by atoms with Gasteiger partial charge in [0.2, 0.25) is 10.0 Å². The van der Waals surface area contributed by atoms with Crippen LogP contribution in [0.1, 0.15) is 20.8 Å². The molecule has 1 aromatic rings. The van der Waals surface area contributed by atoms with E-state index in [1.807, 2.05) is 20.8 Å². The highest BCUT2D eigenvalue weighted by Gasteiger charge is 2.20. The summed E-state index contributed by atoms with van der Waals surface area (Å²) in [7, 11) is -3.64. The first-order valence-electron chi connectivity index (χ1n) is 6.35. The molecule has 1 atom stereocenters. The molecule has 114 valence electrons. The Morgan fingerprint density at radius 1 is 1.35 bits per heavy atom. The molecule has 0 aliphatic carbocycles. The Bertz CT molecular complexity index is 548. The lowest BCUT2D eigenvalue weighted by Gasteiger charge is -2.23. The summed E-state index contributed by atoms with van der Waals surface area (Å²) in [4.78, 5) is 5.90. The first-order valence-corrected chi connectivity index (χ1v) is 8.59. The minimum atomic E-state index is -3.64. The van der Waals surface area contributed by atoms with E-state index in [1.54, 1.807) is 0 Å². The number of sulfonamides is 1. The van der Waals surface area contributed by atoms with Gasteiger partial charge in [0, 0.05) is 18.8 Å². The average Bonchev–Trinajstić information content (AvgIpc) is 2.38. The SMILES string of the molecule is CCN(CC)CC(C)NS(=O)(=O)c1cnc(Cl)c(Cl)c1. The van der Waals surface area contributed by atoms with Crippen LogP contribution in [0.15, 0.2) is 17.2 Å². The largest absolute Gasteiger partial charge is 0.302 e. The van der Waals surface area contributed by atoms with Crippen LogP contribution in [0.25, 0.3) is 0 Å². The van der Waals surface area contributed by atoms with Crippen LogP contribution < -0.4 is 4.72 Å². The van der Waals surface area contributed by atoms with Crippen molar-refractivity contribution < 1.29 is 8.42 Å². The Kier molecular flexibility index (Phi) is 6.68. The second-order valence-electron chi connectivity index (χ2n) is 4.45. The second-order valence-corrected chi connectivity index (χ2v) is 6.93. The maximum atomic E-state index is 12.2. The Labute approximate surface area is 130 Å². The maximum absolute atomic E-state index is 12.2. The third-order valence-corrected chi connectivity index (χ3v) is 5.11. The molecule has 0 aliphatic heterocycles. The van der Waals surface area contributed by atoms with Gasteiger partial charge in [-0.15, -0.1) is 0 Å². The minimum Gasteiger partial charge on any atom is -0.302 e. The molecule has 0 saturated carbocycles. The van der Waals surface area contributed by atoms with Gasteiger partial charge in [0.05, 0.1) is 5.02 Å². The fraction of sp³-hybridized carbons (Fsp3) is 0.583. The molecule has 8 heteroatoms. The zero-order chi connectivity index (χ0) is 15.3. The summed E-state index contributed by atoms with van der Waals surface area (Å²) in [6.07, 6.45) is 1.20. The third-order valence-electron chi connectivity index (χ3n) is 2.86. The molecule has 0 aliphatic rings. The van der Waals surface area contributed by atoms with Crippen molar-refractivity contribution in [3.8, 4) is 0 Å². The van der Waals surface area contributed by atoms with Crippen LogP contribution >= 0.6 is 23.2 Å². The van der Waals surface area contributed by atoms with Crippen molar-refractivity contribution in [2.45, 2.75) is 31.7 Å². The Balaban J connectivity index is 2.81. The van der Waals surface area contributed by atoms with Gasteiger partial charge in [-0.25, -0.2) is 18.1 Å². The van der Waals surface area contributed by atoms with E-state index in [0.717, 1.165) is 13.1 Å². The predicted octanol–water partition coefficient (Wildman–Crippen LogP) is 2.40. The van der Waals surface area contributed by atoms with E-state index in [4.69, 9.17) is 23.2 Å². The van der Waals surface area contributed by atoms with E-state index < -0.39 is 10.0 Å². The van der Waals surface area contributed by atoms with Gasteiger partial charge in [-0.05, 0) is 26.1 Å². The highest BCUT2D eigenvalue weighted by molar-refractivity contribution is 7.89. The molecule has 1 N–H and O–H groups in total. The van der Waals surface area contributed by atoms with Crippen molar-refractivity contribution in [3.63, 3.8) is 0 Å². The van der Waals surface area contributed by atoms with Crippen molar-refractivity contribution in [2.24, 2.45) is 0 Å². The monoisotopic (exact) mass is 339 g/mol. The summed E-state index contributed by atoms with van der Waals surface area (Å²) in [5, 5.41) is 0.202. The molecule has 0 radical (unpaired) electrons. The molecular formula is C12H19Cl2N3O2S. The zero-order valence-corrected chi connectivity index (χ0v) is 14.1. The highest BCUT2D eigenvalue weighted by atomic mass is 35.5. The molecule has 1 aromatic heterocycles. The van der Waals surface area contributed by atoms with Gasteiger partial charge in [0.15, 0.2) is 0 Å². The molecule has 0 fully saturated rings. The van der Waals surface area contributed by atoms with Crippen molar-refractivity contribution in [3.05, 3.63) is 22.4 Å². The molecule has 1 rings (SSSR count). The van der Waals surface area contributed by atoms with Gasteiger partial charge in [0.25, 0.3) is 0 Å². The van der Waals surface area contributed by atoms with Crippen molar-refractivity contribution in [1.82, 2.24) is 14.6 Å². The molecular weight excluding hydrogens is 321 g/mol. The predicted molar refractivity (Wildman–Crippen MR) is 81.8 cm³/mol. The molecule has 5 nitrogen and oxygen atoms in total. The second kappa shape index (κ2) is 7.56. The fourth-order valence-electron chi connectivity index (χ4n) is 1.79. The summed E-state index contributed by atoms with van der Waals surface area (Å²) in [5.74, 6) is 0. The van der Waals surface area contributed by atoms with E-state index in [9.17, 15) is 8.42 Å². The Hall–Kier alpha value is -0.400. The molecule has 0 bridgehead atoms. The maximum Gasteiger partial charge on any atom is 0.242 e. The molecule has 0 saturated heterocycles. The molecule has 0 amide bonds. The molecule has 1 unspecified atom stereocenters. The lowest BCUT2D eigenvalue weighted by molar-refractivity contribution is 0.282. The quantitative estimate of drug-likeness (QED) is 0.775.